The molecule has 6 heteroatoms. The van der Waals surface area contributed by atoms with Crippen molar-refractivity contribution in [2.75, 3.05) is 11.9 Å². The van der Waals surface area contributed by atoms with Crippen LogP contribution in [0.25, 0.3) is 0 Å². The summed E-state index contributed by atoms with van der Waals surface area (Å²) in [6.45, 7) is 2.19. The van der Waals surface area contributed by atoms with E-state index in [1.807, 2.05) is 0 Å². The molecular formula is C14H12F2N2O2. The zero-order valence-corrected chi connectivity index (χ0v) is 10.7. The van der Waals surface area contributed by atoms with Gasteiger partial charge in [0, 0.05) is 0 Å². The van der Waals surface area contributed by atoms with Crippen molar-refractivity contribution in [2.45, 2.75) is 6.92 Å². The molecule has 0 unspecified atom stereocenters. The van der Waals surface area contributed by atoms with E-state index in [1.165, 1.54) is 0 Å². The molecule has 20 heavy (non-hydrogen) atoms. The van der Waals surface area contributed by atoms with Gasteiger partial charge in [-0.1, -0.05) is 12.1 Å². The molecule has 0 radical (unpaired) electrons. The molecule has 0 aliphatic carbocycles. The summed E-state index contributed by atoms with van der Waals surface area (Å²) in [6, 6.07) is 8.65. The number of hydrogen-bond acceptors (Lipinski definition) is 3. The fraction of sp³-hybridized carbons (Fsp3) is 0.143. The monoisotopic (exact) mass is 278 g/mol. The first kappa shape index (κ1) is 13.9. The maximum absolute atomic E-state index is 13.4. The molecule has 1 amide bonds. The van der Waals surface area contributed by atoms with Gasteiger partial charge in [-0.05, 0) is 31.2 Å². The van der Waals surface area contributed by atoms with E-state index in [9.17, 15) is 13.6 Å². The van der Waals surface area contributed by atoms with Gasteiger partial charge in [-0.15, -0.1) is 0 Å². The van der Waals surface area contributed by atoms with Crippen LogP contribution in [0.5, 0.6) is 5.75 Å². The first-order chi connectivity index (χ1) is 9.61. The molecular weight excluding hydrogens is 266 g/mol. The number of carbonyl (C=O) groups is 1. The molecule has 0 saturated carbocycles. The van der Waals surface area contributed by atoms with Crippen molar-refractivity contribution >= 4 is 11.6 Å². The van der Waals surface area contributed by atoms with E-state index < -0.39 is 17.8 Å². The standard InChI is InChI=1S/C14H12F2N2O2/c1-2-20-11-6-4-3-5-9(11)14(19)17-10-7-8-12(15)18-13(10)16/h3-8H,2H2,1H3,(H,17,19). The van der Waals surface area contributed by atoms with Crippen molar-refractivity contribution in [3.63, 3.8) is 0 Å². The summed E-state index contributed by atoms with van der Waals surface area (Å²) in [7, 11) is 0. The highest BCUT2D eigenvalue weighted by Crippen LogP contribution is 2.20. The molecule has 0 bridgehead atoms. The number of hydrogen-bond donors (Lipinski definition) is 1. The number of benzene rings is 1. The molecule has 0 aliphatic heterocycles. The number of para-hydroxylation sites is 1. The molecule has 104 valence electrons. The number of nitrogens with one attached hydrogen (secondary N) is 1. The lowest BCUT2D eigenvalue weighted by atomic mass is 10.2. The highest BCUT2D eigenvalue weighted by molar-refractivity contribution is 6.06. The molecule has 0 aliphatic rings. The number of carbonyl (C=O) groups excluding carboxylic acids is 1. The van der Waals surface area contributed by atoms with Gasteiger partial charge in [0.2, 0.25) is 11.9 Å². The van der Waals surface area contributed by atoms with Gasteiger partial charge in [-0.2, -0.15) is 13.8 Å². The van der Waals surface area contributed by atoms with Crippen molar-refractivity contribution < 1.29 is 18.3 Å². The second-order valence-electron chi connectivity index (χ2n) is 3.86. The SMILES string of the molecule is CCOc1ccccc1C(=O)Nc1ccc(F)nc1F. The Labute approximate surface area is 114 Å². The van der Waals surface area contributed by atoms with Crippen molar-refractivity contribution in [2.24, 2.45) is 0 Å². The van der Waals surface area contributed by atoms with Crippen LogP contribution in [0.2, 0.25) is 0 Å². The smallest absolute Gasteiger partial charge is 0.259 e. The Morgan fingerprint density at radius 3 is 2.70 bits per heavy atom. The summed E-state index contributed by atoms with van der Waals surface area (Å²) in [5, 5.41) is 2.33. The first-order valence-electron chi connectivity index (χ1n) is 5.97. The minimum absolute atomic E-state index is 0.192. The van der Waals surface area contributed by atoms with E-state index >= 15 is 0 Å². The molecule has 2 rings (SSSR count). The topological polar surface area (TPSA) is 51.2 Å². The number of halogens is 2. The Kier molecular flexibility index (Phi) is 4.24. The highest BCUT2D eigenvalue weighted by atomic mass is 19.1. The molecule has 0 atom stereocenters. The number of rotatable bonds is 4. The van der Waals surface area contributed by atoms with Gasteiger partial charge >= 0.3 is 0 Å². The average Bonchev–Trinajstić information content (AvgIpc) is 2.43. The largest absolute Gasteiger partial charge is 0.493 e. The van der Waals surface area contributed by atoms with Gasteiger partial charge in [-0.3, -0.25) is 4.79 Å². The van der Waals surface area contributed by atoms with Crippen molar-refractivity contribution in [1.82, 2.24) is 4.98 Å². The molecule has 0 saturated heterocycles. The number of nitrogens with zero attached hydrogens (tertiary/aromatic N) is 1. The summed E-state index contributed by atoms with van der Waals surface area (Å²) in [5.41, 5.74) is 0.0702. The van der Waals surface area contributed by atoms with Crippen LogP contribution in [0.3, 0.4) is 0 Å². The summed E-state index contributed by atoms with van der Waals surface area (Å²) in [6.07, 6.45) is 0. The minimum Gasteiger partial charge on any atom is -0.493 e. The number of amides is 1. The quantitative estimate of drug-likeness (QED) is 0.875. The van der Waals surface area contributed by atoms with E-state index in [0.717, 1.165) is 12.1 Å². The van der Waals surface area contributed by atoms with Gasteiger partial charge < -0.3 is 10.1 Å². The summed E-state index contributed by atoms with van der Waals surface area (Å²) >= 11 is 0. The zero-order chi connectivity index (χ0) is 14.5. The second-order valence-corrected chi connectivity index (χ2v) is 3.86. The fourth-order valence-corrected chi connectivity index (χ4v) is 1.63. The molecule has 1 aromatic heterocycles. The highest BCUT2D eigenvalue weighted by Gasteiger charge is 2.14. The lowest BCUT2D eigenvalue weighted by Crippen LogP contribution is -2.15. The first-order valence-corrected chi connectivity index (χ1v) is 5.97. The van der Waals surface area contributed by atoms with Crippen LogP contribution < -0.4 is 10.1 Å². The predicted molar refractivity (Wildman–Crippen MR) is 69.7 cm³/mol. The number of ether oxygens (including phenoxy) is 1. The van der Waals surface area contributed by atoms with E-state index in [4.69, 9.17) is 4.74 Å². The molecule has 0 fully saturated rings. The Morgan fingerprint density at radius 1 is 1.25 bits per heavy atom. The summed E-state index contributed by atoms with van der Waals surface area (Å²) in [4.78, 5) is 15.1. The van der Waals surface area contributed by atoms with Gasteiger partial charge in [0.1, 0.15) is 5.75 Å². The molecule has 2 aromatic rings. The summed E-state index contributed by atoms with van der Waals surface area (Å²) < 4.78 is 31.4. The lowest BCUT2D eigenvalue weighted by molar-refractivity contribution is 0.102. The number of anilines is 1. The van der Waals surface area contributed by atoms with Crippen molar-refractivity contribution in [3.8, 4) is 5.75 Å². The second kappa shape index (κ2) is 6.10. The third-order valence-corrected chi connectivity index (χ3v) is 2.49. The van der Waals surface area contributed by atoms with Gasteiger partial charge in [0.05, 0.1) is 17.9 Å². The Balaban J connectivity index is 2.24. The van der Waals surface area contributed by atoms with Gasteiger partial charge in [0.25, 0.3) is 5.91 Å². The van der Waals surface area contributed by atoms with E-state index in [-0.39, 0.29) is 11.3 Å². The van der Waals surface area contributed by atoms with Crippen LogP contribution in [0.4, 0.5) is 14.5 Å². The van der Waals surface area contributed by atoms with E-state index in [1.54, 1.807) is 31.2 Å². The van der Waals surface area contributed by atoms with Crippen LogP contribution in [0.1, 0.15) is 17.3 Å². The van der Waals surface area contributed by atoms with Crippen LogP contribution in [0.15, 0.2) is 36.4 Å². The summed E-state index contributed by atoms with van der Waals surface area (Å²) in [5.74, 6) is -2.19. The number of aromatic nitrogens is 1. The normalized spacial score (nSPS) is 10.2. The zero-order valence-electron chi connectivity index (χ0n) is 10.7. The average molecular weight is 278 g/mol. The molecule has 1 heterocycles. The maximum Gasteiger partial charge on any atom is 0.259 e. The number of pyridine rings is 1. The van der Waals surface area contributed by atoms with Crippen LogP contribution in [-0.2, 0) is 0 Å². The molecule has 1 aromatic carbocycles. The van der Waals surface area contributed by atoms with Crippen molar-refractivity contribution in [1.29, 1.82) is 0 Å². The Hall–Kier alpha value is -2.50. The Bertz CT molecular complexity index is 632. The molecule has 4 nitrogen and oxygen atoms in total. The third-order valence-electron chi connectivity index (χ3n) is 2.49. The van der Waals surface area contributed by atoms with Crippen LogP contribution in [-0.4, -0.2) is 17.5 Å². The van der Waals surface area contributed by atoms with Crippen LogP contribution >= 0.6 is 0 Å². The van der Waals surface area contributed by atoms with E-state index in [0.29, 0.717) is 12.4 Å². The third kappa shape index (κ3) is 3.09. The predicted octanol–water partition coefficient (Wildman–Crippen LogP) is 3.01. The Morgan fingerprint density at radius 2 is 2.00 bits per heavy atom. The van der Waals surface area contributed by atoms with Crippen molar-refractivity contribution in [3.05, 3.63) is 53.9 Å². The fourth-order valence-electron chi connectivity index (χ4n) is 1.63. The van der Waals surface area contributed by atoms with Crippen LogP contribution in [0, 0.1) is 11.9 Å². The van der Waals surface area contributed by atoms with Gasteiger partial charge in [-0.25, -0.2) is 0 Å². The maximum atomic E-state index is 13.4. The minimum atomic E-state index is -1.08. The van der Waals surface area contributed by atoms with E-state index in [2.05, 4.69) is 10.3 Å². The van der Waals surface area contributed by atoms with Gasteiger partial charge in [0.15, 0.2) is 0 Å². The molecule has 1 N–H and O–H groups in total. The molecule has 0 spiro atoms. The lowest BCUT2D eigenvalue weighted by Gasteiger charge is -2.10.